The molecular weight excluding hydrogens is 322 g/mol. The van der Waals surface area contributed by atoms with E-state index in [1.54, 1.807) is 9.80 Å². The van der Waals surface area contributed by atoms with Gasteiger partial charge in [0.25, 0.3) is 0 Å². The summed E-state index contributed by atoms with van der Waals surface area (Å²) in [5.41, 5.74) is 0.875. The van der Waals surface area contributed by atoms with Crippen molar-refractivity contribution in [2.45, 2.75) is 31.1 Å². The third-order valence-corrected chi connectivity index (χ3v) is 5.15. The largest absolute Gasteiger partial charge is 0.347 e. The number of hydrogen-bond acceptors (Lipinski definition) is 4. The van der Waals surface area contributed by atoms with E-state index in [0.29, 0.717) is 52.1 Å². The molecule has 1 atom stereocenters. The zero-order valence-electron chi connectivity index (χ0n) is 14.1. The first-order valence-corrected chi connectivity index (χ1v) is 8.84. The van der Waals surface area contributed by atoms with Crippen molar-refractivity contribution in [2.24, 2.45) is 0 Å². The van der Waals surface area contributed by atoms with Crippen LogP contribution in [0, 0.1) is 0 Å². The van der Waals surface area contributed by atoms with Gasteiger partial charge in [0.05, 0.1) is 19.3 Å². The number of amides is 3. The number of rotatable bonds is 2. The van der Waals surface area contributed by atoms with Gasteiger partial charge in [-0.1, -0.05) is 18.2 Å². The lowest BCUT2D eigenvalue weighted by atomic mass is 10.0. The molecule has 0 unspecified atom stereocenters. The summed E-state index contributed by atoms with van der Waals surface area (Å²) in [5, 5.41) is 3.00. The Bertz CT molecular complexity index is 635. The van der Waals surface area contributed by atoms with Crippen molar-refractivity contribution in [3.05, 3.63) is 30.3 Å². The molecule has 4 rings (SSSR count). The molecule has 0 radical (unpaired) electrons. The van der Waals surface area contributed by atoms with Gasteiger partial charge in [0.2, 0.25) is 5.91 Å². The molecule has 134 valence electrons. The number of anilines is 1. The predicted molar refractivity (Wildman–Crippen MR) is 91.2 cm³/mol. The highest BCUT2D eigenvalue weighted by molar-refractivity contribution is 5.96. The number of hydrogen-bond donors (Lipinski definition) is 1. The van der Waals surface area contributed by atoms with Crippen LogP contribution >= 0.6 is 0 Å². The molecular formula is C18H23N3O4. The molecule has 1 aromatic rings. The third-order valence-electron chi connectivity index (χ3n) is 5.15. The molecule has 3 aliphatic rings. The lowest BCUT2D eigenvalue weighted by Gasteiger charge is -2.37. The van der Waals surface area contributed by atoms with E-state index in [1.807, 2.05) is 30.3 Å². The molecule has 3 fully saturated rings. The SMILES string of the molecule is O=C(N[C@@H]1CC(=O)N(c2ccccc2)C1)N1CCC2(CC1)OCCO2. The Morgan fingerprint density at radius 2 is 1.80 bits per heavy atom. The lowest BCUT2D eigenvalue weighted by molar-refractivity contribution is -0.181. The minimum atomic E-state index is -0.482. The highest BCUT2D eigenvalue weighted by Crippen LogP contribution is 2.31. The summed E-state index contributed by atoms with van der Waals surface area (Å²) >= 11 is 0. The topological polar surface area (TPSA) is 71.1 Å². The van der Waals surface area contributed by atoms with Crippen LogP contribution in [0.5, 0.6) is 0 Å². The molecule has 7 heteroatoms. The number of piperidine rings is 1. The van der Waals surface area contributed by atoms with Crippen molar-refractivity contribution in [1.29, 1.82) is 0 Å². The first-order chi connectivity index (χ1) is 12.2. The number of urea groups is 1. The quantitative estimate of drug-likeness (QED) is 0.878. The van der Waals surface area contributed by atoms with E-state index in [4.69, 9.17) is 9.47 Å². The summed E-state index contributed by atoms with van der Waals surface area (Å²) in [6.45, 7) is 2.99. The van der Waals surface area contributed by atoms with E-state index >= 15 is 0 Å². The maximum Gasteiger partial charge on any atom is 0.317 e. The third kappa shape index (κ3) is 3.34. The number of nitrogens with one attached hydrogen (secondary N) is 1. The fraction of sp³-hybridized carbons (Fsp3) is 0.556. The molecule has 1 spiro atoms. The summed E-state index contributed by atoms with van der Waals surface area (Å²) in [7, 11) is 0. The molecule has 3 aliphatic heterocycles. The molecule has 7 nitrogen and oxygen atoms in total. The second kappa shape index (κ2) is 6.65. The van der Waals surface area contributed by atoms with Crippen molar-refractivity contribution >= 4 is 17.6 Å². The Morgan fingerprint density at radius 1 is 1.12 bits per heavy atom. The first-order valence-electron chi connectivity index (χ1n) is 8.84. The molecule has 3 heterocycles. The van der Waals surface area contributed by atoms with Crippen LogP contribution in [0.2, 0.25) is 0 Å². The van der Waals surface area contributed by atoms with Gasteiger partial charge in [0, 0.05) is 44.6 Å². The number of carbonyl (C=O) groups excluding carboxylic acids is 2. The summed E-state index contributed by atoms with van der Waals surface area (Å²) in [6, 6.07) is 9.29. The van der Waals surface area contributed by atoms with Crippen LogP contribution in [-0.4, -0.2) is 61.5 Å². The zero-order valence-corrected chi connectivity index (χ0v) is 14.1. The average Bonchev–Trinajstić information content (AvgIpc) is 3.23. The van der Waals surface area contributed by atoms with Gasteiger partial charge in [0.1, 0.15) is 0 Å². The first kappa shape index (κ1) is 16.4. The number of likely N-dealkylation sites (tertiary alicyclic amines) is 1. The molecule has 1 N–H and O–H groups in total. The molecule has 3 amide bonds. The van der Waals surface area contributed by atoms with Gasteiger partial charge in [0.15, 0.2) is 5.79 Å². The van der Waals surface area contributed by atoms with E-state index in [1.165, 1.54) is 0 Å². The summed E-state index contributed by atoms with van der Waals surface area (Å²) in [4.78, 5) is 28.3. The molecule has 0 aliphatic carbocycles. The Kier molecular flexibility index (Phi) is 4.35. The zero-order chi connectivity index (χ0) is 17.3. The summed E-state index contributed by atoms with van der Waals surface area (Å²) < 4.78 is 11.4. The number of carbonyl (C=O) groups is 2. The Morgan fingerprint density at radius 3 is 2.48 bits per heavy atom. The fourth-order valence-electron chi connectivity index (χ4n) is 3.76. The molecule has 0 bridgehead atoms. The summed E-state index contributed by atoms with van der Waals surface area (Å²) in [6.07, 6.45) is 1.73. The van der Waals surface area contributed by atoms with Crippen LogP contribution in [0.1, 0.15) is 19.3 Å². The smallest absolute Gasteiger partial charge is 0.317 e. The van der Waals surface area contributed by atoms with E-state index < -0.39 is 5.79 Å². The van der Waals surface area contributed by atoms with Gasteiger partial charge in [-0.05, 0) is 12.1 Å². The minimum absolute atomic E-state index is 0.0434. The average molecular weight is 345 g/mol. The Hall–Kier alpha value is -2.12. The predicted octanol–water partition coefficient (Wildman–Crippen LogP) is 1.34. The van der Waals surface area contributed by atoms with Gasteiger partial charge >= 0.3 is 6.03 Å². The van der Waals surface area contributed by atoms with Gasteiger partial charge in [-0.25, -0.2) is 4.79 Å². The molecule has 3 saturated heterocycles. The second-order valence-corrected chi connectivity index (χ2v) is 6.79. The van der Waals surface area contributed by atoms with E-state index in [-0.39, 0.29) is 18.0 Å². The molecule has 1 aromatic carbocycles. The molecule has 0 saturated carbocycles. The van der Waals surface area contributed by atoms with Gasteiger partial charge in [-0.2, -0.15) is 0 Å². The number of para-hydroxylation sites is 1. The van der Waals surface area contributed by atoms with Crippen LogP contribution in [0.25, 0.3) is 0 Å². The Labute approximate surface area is 146 Å². The van der Waals surface area contributed by atoms with Crippen LogP contribution < -0.4 is 10.2 Å². The molecule has 0 aromatic heterocycles. The second-order valence-electron chi connectivity index (χ2n) is 6.79. The van der Waals surface area contributed by atoms with Crippen LogP contribution in [0.15, 0.2) is 30.3 Å². The normalized spacial score (nSPS) is 25.6. The maximum atomic E-state index is 12.5. The lowest BCUT2D eigenvalue weighted by Crippen LogP contribution is -2.52. The highest BCUT2D eigenvalue weighted by Gasteiger charge is 2.41. The van der Waals surface area contributed by atoms with Crippen LogP contribution in [0.4, 0.5) is 10.5 Å². The van der Waals surface area contributed by atoms with E-state index in [9.17, 15) is 9.59 Å². The van der Waals surface area contributed by atoms with Gasteiger partial charge in [-0.3, -0.25) is 4.79 Å². The Balaban J connectivity index is 1.31. The van der Waals surface area contributed by atoms with Gasteiger partial charge < -0.3 is 24.6 Å². The fourth-order valence-corrected chi connectivity index (χ4v) is 3.76. The van der Waals surface area contributed by atoms with Crippen LogP contribution in [-0.2, 0) is 14.3 Å². The van der Waals surface area contributed by atoms with Gasteiger partial charge in [-0.15, -0.1) is 0 Å². The monoisotopic (exact) mass is 345 g/mol. The number of benzene rings is 1. The van der Waals surface area contributed by atoms with Crippen molar-refractivity contribution in [3.63, 3.8) is 0 Å². The van der Waals surface area contributed by atoms with Crippen LogP contribution in [0.3, 0.4) is 0 Å². The highest BCUT2D eigenvalue weighted by atomic mass is 16.7. The van der Waals surface area contributed by atoms with E-state index in [0.717, 1.165) is 5.69 Å². The standard InChI is InChI=1S/C18H23N3O4/c22-16-12-14(13-21(16)15-4-2-1-3-5-15)19-17(23)20-8-6-18(7-9-20)24-10-11-25-18/h1-5,14H,6-13H2,(H,19,23)/t14-/m1/s1. The molecule has 25 heavy (non-hydrogen) atoms. The minimum Gasteiger partial charge on any atom is -0.347 e. The van der Waals surface area contributed by atoms with E-state index in [2.05, 4.69) is 5.32 Å². The van der Waals surface area contributed by atoms with Crippen molar-refractivity contribution in [3.8, 4) is 0 Å². The number of ether oxygens (including phenoxy) is 2. The summed E-state index contributed by atoms with van der Waals surface area (Å²) in [5.74, 6) is -0.439. The van der Waals surface area contributed by atoms with Crippen molar-refractivity contribution < 1.29 is 19.1 Å². The van der Waals surface area contributed by atoms with Crippen molar-refractivity contribution in [2.75, 3.05) is 37.7 Å². The van der Waals surface area contributed by atoms with Crippen molar-refractivity contribution in [1.82, 2.24) is 10.2 Å². The number of nitrogens with zero attached hydrogens (tertiary/aromatic N) is 2. The maximum absolute atomic E-state index is 12.5.